The molecule has 2 N–H and O–H groups in total. The molecule has 0 spiro atoms. The number of nitrogens with zero attached hydrogens (tertiary/aromatic N) is 7. The number of likely N-dealkylation sites (N-methyl/N-ethyl adjacent to an activating group) is 2. The number of hydrogen-bond donors (Lipinski definition) is 2. The molecule has 1 aliphatic rings. The number of rotatable bonds is 10. The van der Waals surface area contributed by atoms with Gasteiger partial charge in [-0.1, -0.05) is 12.1 Å². The Kier molecular flexibility index (Phi) is 8.10. The SMILES string of the molecule is CN1CC(O)(c2cccc(Oc3ccc(OC(F)F)c(-c4nn(CC(=O)N(C)C)cc4NC(=O)c4cnn5cccnc45)c3)c2)C1. The molecular weight excluding hydrogens is 602 g/mol. The summed E-state index contributed by atoms with van der Waals surface area (Å²) in [6, 6.07) is 12.8. The van der Waals surface area contributed by atoms with E-state index in [1.807, 2.05) is 11.9 Å². The van der Waals surface area contributed by atoms with E-state index in [2.05, 4.69) is 20.5 Å². The predicted molar refractivity (Wildman–Crippen MR) is 162 cm³/mol. The second kappa shape index (κ2) is 12.2. The summed E-state index contributed by atoms with van der Waals surface area (Å²) in [5, 5.41) is 22.3. The molecular formula is C31H30F2N8O5. The van der Waals surface area contributed by atoms with Gasteiger partial charge < -0.3 is 24.8 Å². The molecule has 0 unspecified atom stereocenters. The second-order valence-corrected chi connectivity index (χ2v) is 11.1. The molecule has 0 bridgehead atoms. The highest BCUT2D eigenvalue weighted by Crippen LogP contribution is 2.40. The molecule has 0 saturated carbocycles. The van der Waals surface area contributed by atoms with E-state index in [0.717, 1.165) is 0 Å². The molecule has 1 fully saturated rings. The molecule has 5 aromatic rings. The molecule has 46 heavy (non-hydrogen) atoms. The Hall–Kier alpha value is -5.41. The fraction of sp³-hybridized carbons (Fsp3) is 0.258. The van der Waals surface area contributed by atoms with Gasteiger partial charge in [-0.25, -0.2) is 9.50 Å². The van der Waals surface area contributed by atoms with Crippen LogP contribution >= 0.6 is 0 Å². The van der Waals surface area contributed by atoms with Crippen molar-refractivity contribution in [3.05, 3.63) is 84.4 Å². The molecule has 6 rings (SSSR count). The Morgan fingerprint density at radius 1 is 1.13 bits per heavy atom. The fourth-order valence-electron chi connectivity index (χ4n) is 5.22. The standard InChI is InChI=1S/C31H30F2N8O5/c1-38(2)26(42)16-40-15-24(36-29(43)23-14-35-41-11-5-10-34-28(23)41)27(37-40)22-13-21(8-9-25(22)46-30(32)33)45-20-7-4-6-19(12-20)31(44)17-39(3)18-31/h4-15,30,44H,16-18H2,1-3H3,(H,36,43). The molecule has 2 aromatic carbocycles. The average Bonchev–Trinajstić information content (AvgIpc) is 3.61. The maximum atomic E-state index is 13.6. The molecule has 4 heterocycles. The van der Waals surface area contributed by atoms with Crippen LogP contribution in [0.2, 0.25) is 0 Å². The Morgan fingerprint density at radius 3 is 2.65 bits per heavy atom. The Labute approximate surface area is 261 Å². The zero-order chi connectivity index (χ0) is 32.6. The number of amides is 2. The average molecular weight is 633 g/mol. The third kappa shape index (κ3) is 6.23. The first kappa shape index (κ1) is 30.6. The highest BCUT2D eigenvalue weighted by Gasteiger charge is 2.40. The number of ether oxygens (including phenoxy) is 2. The minimum absolute atomic E-state index is 0.0472. The van der Waals surface area contributed by atoms with Crippen LogP contribution in [0.4, 0.5) is 14.5 Å². The first-order valence-corrected chi connectivity index (χ1v) is 14.1. The summed E-state index contributed by atoms with van der Waals surface area (Å²) in [5.41, 5.74) is 0.357. The summed E-state index contributed by atoms with van der Waals surface area (Å²) in [6.45, 7) is -2.41. The van der Waals surface area contributed by atoms with Crippen molar-refractivity contribution in [3.8, 4) is 28.5 Å². The van der Waals surface area contributed by atoms with Gasteiger partial charge in [-0.15, -0.1) is 0 Å². The lowest BCUT2D eigenvalue weighted by Gasteiger charge is -2.44. The summed E-state index contributed by atoms with van der Waals surface area (Å²) < 4.78 is 40.8. The van der Waals surface area contributed by atoms with E-state index in [0.29, 0.717) is 30.0 Å². The number of nitrogens with one attached hydrogen (secondary N) is 1. The molecule has 15 heteroatoms. The van der Waals surface area contributed by atoms with Crippen LogP contribution in [0, 0.1) is 0 Å². The molecule has 1 aliphatic heterocycles. The molecule has 3 aromatic heterocycles. The lowest BCUT2D eigenvalue weighted by Crippen LogP contribution is -2.57. The van der Waals surface area contributed by atoms with Gasteiger partial charge in [0.2, 0.25) is 5.91 Å². The topological polar surface area (TPSA) is 139 Å². The number of alkyl halides is 2. The largest absolute Gasteiger partial charge is 0.457 e. The van der Waals surface area contributed by atoms with Crippen LogP contribution in [-0.2, 0) is 16.9 Å². The number of anilines is 1. The van der Waals surface area contributed by atoms with E-state index in [9.17, 15) is 23.5 Å². The monoisotopic (exact) mass is 632 g/mol. The van der Waals surface area contributed by atoms with Crippen LogP contribution < -0.4 is 14.8 Å². The summed E-state index contributed by atoms with van der Waals surface area (Å²) in [5.74, 6) is -0.465. The first-order valence-electron chi connectivity index (χ1n) is 14.1. The van der Waals surface area contributed by atoms with Gasteiger partial charge in [0.15, 0.2) is 5.65 Å². The molecule has 2 amide bonds. The van der Waals surface area contributed by atoms with E-state index in [-0.39, 0.29) is 46.5 Å². The van der Waals surface area contributed by atoms with Crippen LogP contribution in [0.5, 0.6) is 17.2 Å². The maximum absolute atomic E-state index is 13.6. The molecule has 0 aliphatic carbocycles. The van der Waals surface area contributed by atoms with Gasteiger partial charge in [0, 0.05) is 45.8 Å². The van der Waals surface area contributed by atoms with Gasteiger partial charge in [0.05, 0.1) is 17.4 Å². The number of aromatic nitrogens is 5. The fourth-order valence-corrected chi connectivity index (χ4v) is 5.22. The number of fused-ring (bicyclic) bond motifs is 1. The number of carbonyl (C=O) groups excluding carboxylic acids is 2. The lowest BCUT2D eigenvalue weighted by molar-refractivity contribution is -0.129. The Morgan fingerprint density at radius 2 is 1.91 bits per heavy atom. The number of benzene rings is 2. The molecule has 0 radical (unpaired) electrons. The number of aliphatic hydroxyl groups is 1. The van der Waals surface area contributed by atoms with Crippen molar-refractivity contribution in [2.45, 2.75) is 18.8 Å². The molecule has 13 nitrogen and oxygen atoms in total. The smallest absolute Gasteiger partial charge is 0.387 e. The molecule has 238 valence electrons. The van der Waals surface area contributed by atoms with Crippen molar-refractivity contribution in [2.24, 2.45) is 0 Å². The van der Waals surface area contributed by atoms with Crippen LogP contribution in [-0.4, -0.2) is 91.9 Å². The van der Waals surface area contributed by atoms with Gasteiger partial charge in [-0.2, -0.15) is 19.0 Å². The van der Waals surface area contributed by atoms with E-state index in [4.69, 9.17) is 9.47 Å². The summed E-state index contributed by atoms with van der Waals surface area (Å²) in [6.07, 6.45) is 5.93. The first-order chi connectivity index (χ1) is 22.0. The van der Waals surface area contributed by atoms with Crippen molar-refractivity contribution in [3.63, 3.8) is 0 Å². The van der Waals surface area contributed by atoms with Crippen molar-refractivity contribution in [1.82, 2.24) is 34.2 Å². The summed E-state index contributed by atoms with van der Waals surface area (Å²) >= 11 is 0. The third-order valence-corrected chi connectivity index (χ3v) is 7.42. The maximum Gasteiger partial charge on any atom is 0.387 e. The van der Waals surface area contributed by atoms with Crippen LogP contribution in [0.15, 0.2) is 73.3 Å². The number of carbonyl (C=O) groups is 2. The highest BCUT2D eigenvalue weighted by molar-refractivity contribution is 6.09. The third-order valence-electron chi connectivity index (χ3n) is 7.42. The highest BCUT2D eigenvalue weighted by atomic mass is 19.3. The van der Waals surface area contributed by atoms with Crippen molar-refractivity contribution in [1.29, 1.82) is 0 Å². The van der Waals surface area contributed by atoms with Crippen molar-refractivity contribution in [2.75, 3.05) is 39.5 Å². The molecule has 0 atom stereocenters. The molecule has 1 saturated heterocycles. The number of likely N-dealkylation sites (tertiary alicyclic amines) is 1. The van der Waals surface area contributed by atoms with Gasteiger partial charge in [0.25, 0.3) is 5.91 Å². The van der Waals surface area contributed by atoms with E-state index >= 15 is 0 Å². The van der Waals surface area contributed by atoms with Crippen LogP contribution in [0.1, 0.15) is 15.9 Å². The minimum Gasteiger partial charge on any atom is -0.457 e. The van der Waals surface area contributed by atoms with Crippen molar-refractivity contribution >= 4 is 23.1 Å². The van der Waals surface area contributed by atoms with Gasteiger partial charge in [-0.05, 0) is 49.0 Å². The van der Waals surface area contributed by atoms with Gasteiger partial charge in [-0.3, -0.25) is 19.2 Å². The summed E-state index contributed by atoms with van der Waals surface area (Å²) in [7, 11) is 5.07. The van der Waals surface area contributed by atoms with Crippen LogP contribution in [0.25, 0.3) is 16.9 Å². The normalized spacial score (nSPS) is 14.2. The Balaban J connectivity index is 1.38. The second-order valence-electron chi connectivity index (χ2n) is 11.1. The zero-order valence-corrected chi connectivity index (χ0v) is 25.1. The number of halogens is 2. The van der Waals surface area contributed by atoms with Gasteiger partial charge in [0.1, 0.15) is 40.7 Å². The number of β-amino-alcohol motifs (C(OH)–C–C–N with tert-alkyl or cyclic N) is 1. The number of hydrogen-bond acceptors (Lipinski definition) is 9. The summed E-state index contributed by atoms with van der Waals surface area (Å²) in [4.78, 5) is 33.5. The predicted octanol–water partition coefficient (Wildman–Crippen LogP) is 3.46. The van der Waals surface area contributed by atoms with E-state index < -0.39 is 18.1 Å². The quantitative estimate of drug-likeness (QED) is 0.237. The van der Waals surface area contributed by atoms with E-state index in [1.54, 1.807) is 50.6 Å². The van der Waals surface area contributed by atoms with Crippen molar-refractivity contribution < 1.29 is 33.0 Å². The van der Waals surface area contributed by atoms with Gasteiger partial charge >= 0.3 is 6.61 Å². The lowest BCUT2D eigenvalue weighted by atomic mass is 9.86. The Bertz CT molecular complexity index is 1920. The zero-order valence-electron chi connectivity index (χ0n) is 25.1. The van der Waals surface area contributed by atoms with E-state index in [1.165, 1.54) is 50.9 Å². The minimum atomic E-state index is -3.16. The van der Waals surface area contributed by atoms with Crippen LogP contribution in [0.3, 0.4) is 0 Å².